The van der Waals surface area contributed by atoms with E-state index < -0.39 is 5.54 Å². The second-order valence-corrected chi connectivity index (χ2v) is 3.44. The molecule has 0 fully saturated rings. The fourth-order valence-electron chi connectivity index (χ4n) is 0.956. The van der Waals surface area contributed by atoms with E-state index in [0.717, 1.165) is 5.69 Å². The van der Waals surface area contributed by atoms with E-state index >= 15 is 0 Å². The van der Waals surface area contributed by atoms with Gasteiger partial charge in [0.15, 0.2) is 0 Å². The zero-order valence-corrected chi connectivity index (χ0v) is 7.49. The molecule has 1 heterocycles. The summed E-state index contributed by atoms with van der Waals surface area (Å²) in [5, 5.41) is 13.0. The van der Waals surface area contributed by atoms with Gasteiger partial charge in [-0.15, -0.1) is 0 Å². The Balaban J connectivity index is 2.70. The highest BCUT2D eigenvalue weighted by Gasteiger charge is 2.18. The van der Waals surface area contributed by atoms with Crippen molar-refractivity contribution in [1.82, 2.24) is 9.78 Å². The van der Waals surface area contributed by atoms with Crippen LogP contribution in [-0.2, 0) is 6.54 Å². The first kappa shape index (κ1) is 9.22. The van der Waals surface area contributed by atoms with Crippen LogP contribution in [0.25, 0.3) is 0 Å². The van der Waals surface area contributed by atoms with E-state index in [9.17, 15) is 0 Å². The van der Waals surface area contributed by atoms with Gasteiger partial charge in [-0.05, 0) is 19.9 Å². The lowest BCUT2D eigenvalue weighted by atomic mass is 10.1. The van der Waals surface area contributed by atoms with Gasteiger partial charge in [-0.2, -0.15) is 5.10 Å². The third-order valence-electron chi connectivity index (χ3n) is 1.80. The van der Waals surface area contributed by atoms with E-state index in [4.69, 9.17) is 10.8 Å². The maximum atomic E-state index is 8.92. The molecule has 0 saturated carbocycles. The predicted octanol–water partition coefficient (Wildman–Crippen LogP) is -0.0988. The molecule has 68 valence electrons. The van der Waals surface area contributed by atoms with E-state index in [2.05, 4.69) is 5.10 Å². The summed E-state index contributed by atoms with van der Waals surface area (Å²) in [5.41, 5.74) is 6.23. The molecule has 0 amide bonds. The fraction of sp³-hybridized carbons (Fsp3) is 0.625. The fourth-order valence-corrected chi connectivity index (χ4v) is 0.956. The quantitative estimate of drug-likeness (QED) is 0.664. The molecule has 4 heteroatoms. The zero-order chi connectivity index (χ0) is 9.19. The van der Waals surface area contributed by atoms with Gasteiger partial charge in [0, 0.05) is 11.9 Å². The molecule has 1 unspecified atom stereocenters. The number of hydrogen-bond acceptors (Lipinski definition) is 3. The number of rotatable bonds is 3. The first-order valence-corrected chi connectivity index (χ1v) is 3.93. The number of nitrogens with two attached hydrogens (primary N) is 1. The van der Waals surface area contributed by atoms with Gasteiger partial charge in [0.25, 0.3) is 0 Å². The molecule has 0 aromatic carbocycles. The van der Waals surface area contributed by atoms with Crippen LogP contribution >= 0.6 is 0 Å². The standard InChI is InChI=1S/C8H15N3O/c1-7-3-4-10-11(7)5-8(2,9)6-12/h3-4,12H,5-6,9H2,1-2H3. The number of hydrogen-bond donors (Lipinski definition) is 2. The van der Waals surface area contributed by atoms with Gasteiger partial charge >= 0.3 is 0 Å². The van der Waals surface area contributed by atoms with E-state index in [1.54, 1.807) is 17.8 Å². The van der Waals surface area contributed by atoms with Crippen LogP contribution in [0.15, 0.2) is 12.3 Å². The Morgan fingerprint density at radius 2 is 2.42 bits per heavy atom. The molecule has 1 aromatic heterocycles. The Morgan fingerprint density at radius 1 is 1.75 bits per heavy atom. The Bertz CT molecular complexity index is 255. The average molecular weight is 169 g/mol. The van der Waals surface area contributed by atoms with Crippen LogP contribution in [0.3, 0.4) is 0 Å². The Hall–Kier alpha value is -0.870. The third kappa shape index (κ3) is 2.06. The van der Waals surface area contributed by atoms with Crippen LogP contribution < -0.4 is 5.73 Å². The van der Waals surface area contributed by atoms with Crippen molar-refractivity contribution in [3.63, 3.8) is 0 Å². The van der Waals surface area contributed by atoms with Gasteiger partial charge in [0.1, 0.15) is 0 Å². The van der Waals surface area contributed by atoms with Crippen LogP contribution in [0.5, 0.6) is 0 Å². The third-order valence-corrected chi connectivity index (χ3v) is 1.80. The Kier molecular flexibility index (Phi) is 2.49. The van der Waals surface area contributed by atoms with E-state index in [0.29, 0.717) is 6.54 Å². The average Bonchev–Trinajstić information content (AvgIpc) is 2.36. The van der Waals surface area contributed by atoms with Crippen LogP contribution in [0.4, 0.5) is 0 Å². The molecular weight excluding hydrogens is 154 g/mol. The normalized spacial score (nSPS) is 16.0. The summed E-state index contributed by atoms with van der Waals surface area (Å²) in [6.07, 6.45) is 1.72. The largest absolute Gasteiger partial charge is 0.394 e. The minimum Gasteiger partial charge on any atom is -0.394 e. The Morgan fingerprint density at radius 3 is 2.83 bits per heavy atom. The molecule has 1 aromatic rings. The highest BCUT2D eigenvalue weighted by molar-refractivity contribution is 4.98. The lowest BCUT2D eigenvalue weighted by Gasteiger charge is -2.22. The molecule has 0 aliphatic heterocycles. The topological polar surface area (TPSA) is 64.1 Å². The number of aliphatic hydroxyl groups excluding tert-OH is 1. The maximum Gasteiger partial charge on any atom is 0.0626 e. The maximum absolute atomic E-state index is 8.92. The van der Waals surface area contributed by atoms with Gasteiger partial charge in [0.05, 0.1) is 18.7 Å². The minimum atomic E-state index is -0.587. The summed E-state index contributed by atoms with van der Waals surface area (Å²) in [7, 11) is 0. The SMILES string of the molecule is Cc1ccnn1CC(C)(N)CO. The van der Waals surface area contributed by atoms with Gasteiger partial charge in [-0.25, -0.2) is 0 Å². The molecule has 1 atom stereocenters. The van der Waals surface area contributed by atoms with E-state index in [-0.39, 0.29) is 6.61 Å². The van der Waals surface area contributed by atoms with Crippen molar-refractivity contribution in [1.29, 1.82) is 0 Å². The van der Waals surface area contributed by atoms with Gasteiger partial charge in [-0.3, -0.25) is 4.68 Å². The van der Waals surface area contributed by atoms with Crippen molar-refractivity contribution in [3.05, 3.63) is 18.0 Å². The van der Waals surface area contributed by atoms with Crippen molar-refractivity contribution in [2.24, 2.45) is 5.73 Å². The van der Waals surface area contributed by atoms with Gasteiger partial charge in [0.2, 0.25) is 0 Å². The second kappa shape index (κ2) is 3.25. The lowest BCUT2D eigenvalue weighted by Crippen LogP contribution is -2.44. The highest BCUT2D eigenvalue weighted by Crippen LogP contribution is 2.04. The van der Waals surface area contributed by atoms with Crippen molar-refractivity contribution >= 4 is 0 Å². The molecular formula is C8H15N3O. The number of aromatic nitrogens is 2. The second-order valence-electron chi connectivity index (χ2n) is 3.44. The van der Waals surface area contributed by atoms with Gasteiger partial charge in [-0.1, -0.05) is 0 Å². The van der Waals surface area contributed by atoms with E-state index in [1.165, 1.54) is 0 Å². The number of aryl methyl sites for hydroxylation is 1. The van der Waals surface area contributed by atoms with Crippen molar-refractivity contribution < 1.29 is 5.11 Å². The summed E-state index contributed by atoms with van der Waals surface area (Å²) in [6, 6.07) is 1.91. The molecule has 0 radical (unpaired) electrons. The van der Waals surface area contributed by atoms with Crippen LogP contribution in [0, 0.1) is 6.92 Å². The first-order chi connectivity index (χ1) is 5.55. The van der Waals surface area contributed by atoms with Crippen LogP contribution in [0.1, 0.15) is 12.6 Å². The zero-order valence-electron chi connectivity index (χ0n) is 7.49. The molecule has 4 nitrogen and oxygen atoms in total. The molecule has 0 aliphatic rings. The first-order valence-electron chi connectivity index (χ1n) is 3.93. The minimum absolute atomic E-state index is 0.0354. The predicted molar refractivity (Wildman–Crippen MR) is 46.6 cm³/mol. The summed E-state index contributed by atoms with van der Waals surface area (Å²) in [4.78, 5) is 0. The van der Waals surface area contributed by atoms with Crippen molar-refractivity contribution in [2.45, 2.75) is 25.9 Å². The number of nitrogens with zero attached hydrogens (tertiary/aromatic N) is 2. The van der Waals surface area contributed by atoms with Crippen LogP contribution in [0.2, 0.25) is 0 Å². The smallest absolute Gasteiger partial charge is 0.0626 e. The highest BCUT2D eigenvalue weighted by atomic mass is 16.3. The summed E-state index contributed by atoms with van der Waals surface area (Å²) < 4.78 is 1.79. The lowest BCUT2D eigenvalue weighted by molar-refractivity contribution is 0.187. The molecule has 0 spiro atoms. The summed E-state index contributed by atoms with van der Waals surface area (Å²) in [6.45, 7) is 4.27. The molecule has 1 rings (SSSR count). The summed E-state index contributed by atoms with van der Waals surface area (Å²) in [5.74, 6) is 0. The molecule has 0 bridgehead atoms. The van der Waals surface area contributed by atoms with Crippen molar-refractivity contribution in [2.75, 3.05) is 6.61 Å². The summed E-state index contributed by atoms with van der Waals surface area (Å²) >= 11 is 0. The molecule has 0 aliphatic carbocycles. The number of aliphatic hydroxyl groups is 1. The molecule has 0 saturated heterocycles. The Labute approximate surface area is 72.0 Å². The van der Waals surface area contributed by atoms with Gasteiger partial charge < -0.3 is 10.8 Å². The van der Waals surface area contributed by atoms with Crippen LogP contribution in [-0.4, -0.2) is 27.0 Å². The molecule has 12 heavy (non-hydrogen) atoms. The molecule has 3 N–H and O–H groups in total. The van der Waals surface area contributed by atoms with E-state index in [1.807, 2.05) is 13.0 Å². The monoisotopic (exact) mass is 169 g/mol. The van der Waals surface area contributed by atoms with Crippen molar-refractivity contribution in [3.8, 4) is 0 Å².